The number of para-hydroxylation sites is 1. The zero-order valence-electron chi connectivity index (χ0n) is 10.4. The molecule has 0 fully saturated rings. The molecule has 4 rings (SSSR count). The van der Waals surface area contributed by atoms with Gasteiger partial charge in [0.2, 0.25) is 0 Å². The lowest BCUT2D eigenvalue weighted by Crippen LogP contribution is -2.16. The maximum atomic E-state index is 2.46. The Morgan fingerprint density at radius 3 is 2.72 bits per heavy atom. The molecule has 0 bridgehead atoms. The molecule has 1 heteroatoms. The van der Waals surface area contributed by atoms with E-state index in [1.165, 1.54) is 27.7 Å². The minimum atomic E-state index is 0.488. The van der Waals surface area contributed by atoms with E-state index in [9.17, 15) is 0 Å². The Balaban J connectivity index is 2.02. The van der Waals surface area contributed by atoms with Crippen LogP contribution in [0.3, 0.4) is 0 Å². The summed E-state index contributed by atoms with van der Waals surface area (Å²) in [6, 6.07) is 19.8. The van der Waals surface area contributed by atoms with Crippen LogP contribution in [0.1, 0.15) is 29.7 Å². The van der Waals surface area contributed by atoms with Gasteiger partial charge in [-0.15, -0.1) is 0 Å². The predicted octanol–water partition coefficient (Wildman–Crippen LogP) is 4.15. The van der Waals surface area contributed by atoms with Crippen LogP contribution in [0.5, 0.6) is 0 Å². The summed E-state index contributed by atoms with van der Waals surface area (Å²) in [5, 5.41) is 1.35. The average molecular weight is 233 g/mol. The van der Waals surface area contributed by atoms with E-state index >= 15 is 0 Å². The van der Waals surface area contributed by atoms with Gasteiger partial charge < -0.3 is 4.57 Å². The molecule has 0 aliphatic carbocycles. The summed E-state index contributed by atoms with van der Waals surface area (Å²) in [6.45, 7) is 3.31. The minimum Gasteiger partial charge on any atom is -0.340 e. The van der Waals surface area contributed by atoms with Gasteiger partial charge in [0.1, 0.15) is 0 Å². The fourth-order valence-corrected chi connectivity index (χ4v) is 3.20. The standard InChI is InChI=1S/C17H15N/c1-12-15-8-4-2-7-14(15)11-18-16-9-5-3-6-13(16)10-17(12)18/h2-10,12H,11H2,1H3. The second-order valence-corrected chi connectivity index (χ2v) is 5.13. The number of hydrogen-bond donors (Lipinski definition) is 0. The Morgan fingerprint density at radius 1 is 1.00 bits per heavy atom. The smallest absolute Gasteiger partial charge is 0.0485 e. The van der Waals surface area contributed by atoms with Crippen LogP contribution in [0.4, 0.5) is 0 Å². The summed E-state index contributed by atoms with van der Waals surface area (Å²) >= 11 is 0. The number of hydrogen-bond acceptors (Lipinski definition) is 0. The Labute approximate surface area is 107 Å². The van der Waals surface area contributed by atoms with E-state index in [-0.39, 0.29) is 0 Å². The van der Waals surface area contributed by atoms with Crippen LogP contribution in [0, 0.1) is 0 Å². The van der Waals surface area contributed by atoms with Crippen molar-refractivity contribution in [2.45, 2.75) is 19.4 Å². The van der Waals surface area contributed by atoms with Crippen LogP contribution in [0.25, 0.3) is 10.9 Å². The molecule has 18 heavy (non-hydrogen) atoms. The molecule has 2 aromatic carbocycles. The zero-order chi connectivity index (χ0) is 12.1. The Hall–Kier alpha value is -2.02. The van der Waals surface area contributed by atoms with Gasteiger partial charge in [-0.2, -0.15) is 0 Å². The molecule has 2 heterocycles. The molecule has 1 unspecified atom stereocenters. The fraction of sp³-hybridized carbons (Fsp3) is 0.176. The van der Waals surface area contributed by atoms with Crippen molar-refractivity contribution in [1.82, 2.24) is 4.57 Å². The van der Waals surface area contributed by atoms with Crippen LogP contribution in [0.15, 0.2) is 54.6 Å². The van der Waals surface area contributed by atoms with E-state index in [0.29, 0.717) is 5.92 Å². The van der Waals surface area contributed by atoms with Crippen molar-refractivity contribution >= 4 is 10.9 Å². The highest BCUT2D eigenvalue weighted by molar-refractivity contribution is 5.82. The number of rotatable bonds is 0. The first-order valence-corrected chi connectivity index (χ1v) is 6.50. The molecule has 3 aromatic rings. The van der Waals surface area contributed by atoms with Gasteiger partial charge in [-0.3, -0.25) is 0 Å². The molecule has 1 aliphatic heterocycles. The summed E-state index contributed by atoms with van der Waals surface area (Å²) in [7, 11) is 0. The van der Waals surface area contributed by atoms with Gasteiger partial charge in [0.05, 0.1) is 0 Å². The van der Waals surface area contributed by atoms with Crippen molar-refractivity contribution in [3.63, 3.8) is 0 Å². The maximum absolute atomic E-state index is 2.46. The van der Waals surface area contributed by atoms with Crippen molar-refractivity contribution in [2.24, 2.45) is 0 Å². The number of benzene rings is 2. The number of nitrogens with zero attached hydrogens (tertiary/aromatic N) is 1. The molecule has 1 nitrogen and oxygen atoms in total. The lowest BCUT2D eigenvalue weighted by Gasteiger charge is -2.25. The maximum Gasteiger partial charge on any atom is 0.0485 e. The first-order chi connectivity index (χ1) is 8.84. The molecule has 0 radical (unpaired) electrons. The third kappa shape index (κ3) is 1.22. The second-order valence-electron chi connectivity index (χ2n) is 5.13. The van der Waals surface area contributed by atoms with Gasteiger partial charge in [-0.25, -0.2) is 0 Å². The fourth-order valence-electron chi connectivity index (χ4n) is 3.20. The summed E-state index contributed by atoms with van der Waals surface area (Å²) in [5.41, 5.74) is 5.73. The van der Waals surface area contributed by atoms with Crippen LogP contribution in [-0.4, -0.2) is 4.57 Å². The normalized spacial score (nSPS) is 17.5. The molecule has 0 spiro atoms. The lowest BCUT2D eigenvalue weighted by atomic mass is 9.90. The summed E-state index contributed by atoms with van der Waals surface area (Å²) in [4.78, 5) is 0. The van der Waals surface area contributed by atoms with E-state index in [1.54, 1.807) is 0 Å². The van der Waals surface area contributed by atoms with Crippen LogP contribution >= 0.6 is 0 Å². The van der Waals surface area contributed by atoms with Crippen molar-refractivity contribution in [3.05, 3.63) is 71.4 Å². The van der Waals surface area contributed by atoms with Crippen molar-refractivity contribution < 1.29 is 0 Å². The molecule has 0 amide bonds. The molecular formula is C17H15N. The monoisotopic (exact) mass is 233 g/mol. The van der Waals surface area contributed by atoms with Crippen molar-refractivity contribution in [2.75, 3.05) is 0 Å². The quantitative estimate of drug-likeness (QED) is 0.549. The second kappa shape index (κ2) is 3.49. The van der Waals surface area contributed by atoms with E-state index < -0.39 is 0 Å². The van der Waals surface area contributed by atoms with Gasteiger partial charge in [0.15, 0.2) is 0 Å². The van der Waals surface area contributed by atoms with Crippen molar-refractivity contribution in [3.8, 4) is 0 Å². The third-order valence-corrected chi connectivity index (χ3v) is 4.14. The molecular weight excluding hydrogens is 218 g/mol. The number of aromatic nitrogens is 1. The molecule has 1 aliphatic rings. The average Bonchev–Trinajstić information content (AvgIpc) is 2.79. The van der Waals surface area contributed by atoms with Gasteiger partial charge in [0, 0.05) is 23.7 Å². The highest BCUT2D eigenvalue weighted by atomic mass is 15.0. The van der Waals surface area contributed by atoms with E-state index in [2.05, 4.69) is 66.1 Å². The molecule has 1 atom stereocenters. The van der Waals surface area contributed by atoms with E-state index in [4.69, 9.17) is 0 Å². The van der Waals surface area contributed by atoms with Crippen LogP contribution in [0.2, 0.25) is 0 Å². The van der Waals surface area contributed by atoms with Crippen LogP contribution < -0.4 is 0 Å². The van der Waals surface area contributed by atoms with Crippen LogP contribution in [-0.2, 0) is 6.54 Å². The Kier molecular flexibility index (Phi) is 1.93. The van der Waals surface area contributed by atoms with Gasteiger partial charge in [-0.05, 0) is 28.6 Å². The summed E-state index contributed by atoms with van der Waals surface area (Å²) < 4.78 is 2.46. The topological polar surface area (TPSA) is 4.93 Å². The van der Waals surface area contributed by atoms with E-state index in [0.717, 1.165) is 6.54 Å². The largest absolute Gasteiger partial charge is 0.340 e. The molecule has 0 saturated heterocycles. The molecule has 1 aromatic heterocycles. The summed E-state index contributed by atoms with van der Waals surface area (Å²) in [6.07, 6.45) is 0. The zero-order valence-corrected chi connectivity index (χ0v) is 10.4. The first kappa shape index (κ1) is 9.95. The third-order valence-electron chi connectivity index (χ3n) is 4.14. The van der Waals surface area contributed by atoms with Gasteiger partial charge in [0.25, 0.3) is 0 Å². The lowest BCUT2D eigenvalue weighted by molar-refractivity contribution is 0.679. The SMILES string of the molecule is CC1c2ccccc2Cn2c1cc1ccccc12. The first-order valence-electron chi connectivity index (χ1n) is 6.50. The summed E-state index contributed by atoms with van der Waals surface area (Å²) in [5.74, 6) is 0.488. The Morgan fingerprint density at radius 2 is 1.78 bits per heavy atom. The minimum absolute atomic E-state index is 0.488. The van der Waals surface area contributed by atoms with Crippen molar-refractivity contribution in [1.29, 1.82) is 0 Å². The van der Waals surface area contributed by atoms with Gasteiger partial charge in [-0.1, -0.05) is 49.4 Å². The number of fused-ring (bicyclic) bond motifs is 4. The Bertz CT molecular complexity index is 736. The molecule has 88 valence electrons. The highest BCUT2D eigenvalue weighted by Crippen LogP contribution is 2.36. The highest BCUT2D eigenvalue weighted by Gasteiger charge is 2.23. The molecule has 0 N–H and O–H groups in total. The molecule has 0 saturated carbocycles. The van der Waals surface area contributed by atoms with E-state index in [1.807, 2.05) is 0 Å². The predicted molar refractivity (Wildman–Crippen MR) is 75.0 cm³/mol. The van der Waals surface area contributed by atoms with Gasteiger partial charge >= 0.3 is 0 Å².